The van der Waals surface area contributed by atoms with E-state index < -0.39 is 0 Å². The number of amides is 1. The molecule has 0 saturated carbocycles. The number of imidazole rings is 1. The molecule has 1 N–H and O–H groups in total. The van der Waals surface area contributed by atoms with Gasteiger partial charge in [0.1, 0.15) is 11.4 Å². The zero-order valence-electron chi connectivity index (χ0n) is 14.9. The summed E-state index contributed by atoms with van der Waals surface area (Å²) in [5, 5.41) is 0. The molecule has 0 aromatic carbocycles. The van der Waals surface area contributed by atoms with Crippen LogP contribution < -0.4 is 5.56 Å². The molecule has 3 aromatic rings. The lowest BCUT2D eigenvalue weighted by Gasteiger charge is -2.32. The highest BCUT2D eigenvalue weighted by Crippen LogP contribution is 2.27. The van der Waals surface area contributed by atoms with Crippen molar-refractivity contribution in [3.63, 3.8) is 0 Å². The number of hydrogen-bond acceptors (Lipinski definition) is 4. The molecule has 0 radical (unpaired) electrons. The van der Waals surface area contributed by atoms with E-state index in [0.29, 0.717) is 13.1 Å². The fourth-order valence-electron chi connectivity index (χ4n) is 3.63. The first-order valence-electron chi connectivity index (χ1n) is 9.09. The van der Waals surface area contributed by atoms with Crippen LogP contribution in [0.5, 0.6) is 0 Å². The Morgan fingerprint density at radius 1 is 1.22 bits per heavy atom. The Morgan fingerprint density at radius 2 is 2.07 bits per heavy atom. The number of H-pyrrole nitrogens is 1. The molecule has 7 heteroatoms. The summed E-state index contributed by atoms with van der Waals surface area (Å²) in [4.78, 5) is 37.7. The minimum atomic E-state index is -0.344. The molecule has 1 amide bonds. The van der Waals surface area contributed by atoms with Gasteiger partial charge in [-0.2, -0.15) is 0 Å². The Bertz CT molecular complexity index is 979. The maximum absolute atomic E-state index is 12.8. The molecule has 0 spiro atoms. The van der Waals surface area contributed by atoms with Gasteiger partial charge in [0.05, 0.1) is 0 Å². The summed E-state index contributed by atoms with van der Waals surface area (Å²) in [5.41, 5.74) is 1.01. The Kier molecular flexibility index (Phi) is 4.82. The van der Waals surface area contributed by atoms with Gasteiger partial charge in [0, 0.05) is 56.5 Å². The molecule has 27 heavy (non-hydrogen) atoms. The molecule has 4 rings (SSSR count). The van der Waals surface area contributed by atoms with Crippen molar-refractivity contribution >= 4 is 5.91 Å². The first kappa shape index (κ1) is 17.2. The predicted molar refractivity (Wildman–Crippen MR) is 101 cm³/mol. The van der Waals surface area contributed by atoms with E-state index in [0.717, 1.165) is 30.8 Å². The number of nitrogens with zero attached hydrogens (tertiary/aromatic N) is 4. The lowest BCUT2D eigenvalue weighted by Crippen LogP contribution is -2.41. The smallest absolute Gasteiger partial charge is 0.260 e. The van der Waals surface area contributed by atoms with Gasteiger partial charge in [0.2, 0.25) is 0 Å². The SMILES string of the molecule is O=C(c1ccc[nH]c1=O)N1CCC[C@H](c2nccn2Cc2ccncc2)C1. The zero-order chi connectivity index (χ0) is 18.6. The van der Waals surface area contributed by atoms with E-state index in [9.17, 15) is 9.59 Å². The maximum atomic E-state index is 12.8. The Balaban J connectivity index is 1.52. The number of rotatable bonds is 4. The number of nitrogens with one attached hydrogen (secondary N) is 1. The summed E-state index contributed by atoms with van der Waals surface area (Å²) in [6, 6.07) is 7.23. The lowest BCUT2D eigenvalue weighted by atomic mass is 9.96. The second-order valence-electron chi connectivity index (χ2n) is 6.77. The van der Waals surface area contributed by atoms with Crippen LogP contribution in [0.1, 0.15) is 40.5 Å². The molecule has 1 fully saturated rings. The minimum Gasteiger partial charge on any atom is -0.338 e. The summed E-state index contributed by atoms with van der Waals surface area (Å²) < 4.78 is 2.13. The van der Waals surface area contributed by atoms with Crippen molar-refractivity contribution in [3.8, 4) is 0 Å². The largest absolute Gasteiger partial charge is 0.338 e. The molecular weight excluding hydrogens is 342 g/mol. The molecule has 1 atom stereocenters. The van der Waals surface area contributed by atoms with Gasteiger partial charge in [-0.3, -0.25) is 14.6 Å². The summed E-state index contributed by atoms with van der Waals surface area (Å²) >= 11 is 0. The van der Waals surface area contributed by atoms with Crippen molar-refractivity contribution in [2.24, 2.45) is 0 Å². The first-order chi connectivity index (χ1) is 13.2. The van der Waals surface area contributed by atoms with Crippen LogP contribution in [0.3, 0.4) is 0 Å². The molecule has 0 unspecified atom stereocenters. The van der Waals surface area contributed by atoms with Gasteiger partial charge in [-0.25, -0.2) is 4.98 Å². The number of pyridine rings is 2. The molecule has 4 heterocycles. The van der Waals surface area contributed by atoms with Crippen molar-refractivity contribution in [1.82, 2.24) is 24.4 Å². The van der Waals surface area contributed by atoms with E-state index in [4.69, 9.17) is 0 Å². The van der Waals surface area contributed by atoms with Gasteiger partial charge >= 0.3 is 0 Å². The number of aromatic amines is 1. The topological polar surface area (TPSA) is 83.9 Å². The number of likely N-dealkylation sites (tertiary alicyclic amines) is 1. The minimum absolute atomic E-state index is 0.155. The van der Waals surface area contributed by atoms with Gasteiger partial charge in [0.15, 0.2) is 0 Å². The second-order valence-corrected chi connectivity index (χ2v) is 6.77. The van der Waals surface area contributed by atoms with Crippen molar-refractivity contribution < 1.29 is 4.79 Å². The average molecular weight is 363 g/mol. The summed E-state index contributed by atoms with van der Waals surface area (Å²) in [6.45, 7) is 1.95. The zero-order valence-corrected chi connectivity index (χ0v) is 14.9. The van der Waals surface area contributed by atoms with Crippen molar-refractivity contribution in [1.29, 1.82) is 0 Å². The number of carbonyl (C=O) groups is 1. The van der Waals surface area contributed by atoms with Gasteiger partial charge in [-0.05, 0) is 42.7 Å². The van der Waals surface area contributed by atoms with Crippen LogP contribution in [0.15, 0.2) is 60.0 Å². The van der Waals surface area contributed by atoms with Gasteiger partial charge in [0.25, 0.3) is 11.5 Å². The summed E-state index contributed by atoms with van der Waals surface area (Å²) in [6.07, 6.45) is 10.7. The fraction of sp³-hybridized carbons (Fsp3) is 0.300. The van der Waals surface area contributed by atoms with E-state index in [1.54, 1.807) is 35.6 Å². The van der Waals surface area contributed by atoms with Gasteiger partial charge in [-0.1, -0.05) is 0 Å². The van der Waals surface area contributed by atoms with Crippen molar-refractivity contribution in [2.45, 2.75) is 25.3 Å². The molecule has 1 aliphatic rings. The van der Waals surface area contributed by atoms with Crippen LogP contribution in [0.4, 0.5) is 0 Å². The molecule has 0 aliphatic carbocycles. The standard InChI is InChI=1S/C20H21N5O2/c26-19-17(4-1-7-23-19)20(27)25-11-2-3-16(14-25)18-22-10-12-24(18)13-15-5-8-21-9-6-15/h1,4-10,12,16H,2-3,11,13-14H2,(H,23,26)/t16-/m0/s1. The highest BCUT2D eigenvalue weighted by molar-refractivity contribution is 5.93. The normalized spacial score (nSPS) is 17.0. The summed E-state index contributed by atoms with van der Waals surface area (Å²) in [5.74, 6) is 0.919. The van der Waals surface area contributed by atoms with Crippen LogP contribution in [0, 0.1) is 0 Å². The molecule has 0 bridgehead atoms. The Morgan fingerprint density at radius 3 is 2.89 bits per heavy atom. The summed E-state index contributed by atoms with van der Waals surface area (Å²) in [7, 11) is 0. The van der Waals surface area contributed by atoms with Crippen LogP contribution in [0.25, 0.3) is 0 Å². The highest BCUT2D eigenvalue weighted by Gasteiger charge is 2.28. The lowest BCUT2D eigenvalue weighted by molar-refractivity contribution is 0.0701. The Labute approximate surface area is 156 Å². The second kappa shape index (κ2) is 7.57. The third-order valence-corrected chi connectivity index (χ3v) is 4.97. The van der Waals surface area contributed by atoms with Crippen LogP contribution in [-0.2, 0) is 6.54 Å². The molecule has 138 valence electrons. The van der Waals surface area contributed by atoms with E-state index in [2.05, 4.69) is 19.5 Å². The number of carbonyl (C=O) groups excluding carboxylic acids is 1. The number of hydrogen-bond donors (Lipinski definition) is 1. The van der Waals surface area contributed by atoms with Crippen LogP contribution in [0.2, 0.25) is 0 Å². The number of piperidine rings is 1. The van der Waals surface area contributed by atoms with Gasteiger partial charge < -0.3 is 14.5 Å². The van der Waals surface area contributed by atoms with Crippen molar-refractivity contribution in [2.75, 3.05) is 13.1 Å². The predicted octanol–water partition coefficient (Wildman–Crippen LogP) is 2.03. The molecule has 1 aliphatic heterocycles. The van der Waals surface area contributed by atoms with E-state index in [1.165, 1.54) is 6.20 Å². The quantitative estimate of drug-likeness (QED) is 0.769. The van der Waals surface area contributed by atoms with Crippen molar-refractivity contribution in [3.05, 3.63) is 82.6 Å². The third-order valence-electron chi connectivity index (χ3n) is 4.97. The van der Waals surface area contributed by atoms with E-state index >= 15 is 0 Å². The van der Waals surface area contributed by atoms with Crippen LogP contribution >= 0.6 is 0 Å². The third kappa shape index (κ3) is 3.67. The molecule has 1 saturated heterocycles. The Hall–Kier alpha value is -3.22. The maximum Gasteiger partial charge on any atom is 0.260 e. The average Bonchev–Trinajstić information content (AvgIpc) is 3.17. The number of aromatic nitrogens is 4. The molecular formula is C20H21N5O2. The molecule has 3 aromatic heterocycles. The van der Waals surface area contributed by atoms with Gasteiger partial charge in [-0.15, -0.1) is 0 Å². The fourth-order valence-corrected chi connectivity index (χ4v) is 3.63. The van der Waals surface area contributed by atoms with Crippen LogP contribution in [-0.4, -0.2) is 43.4 Å². The highest BCUT2D eigenvalue weighted by atomic mass is 16.2. The molecule has 7 nitrogen and oxygen atoms in total. The first-order valence-corrected chi connectivity index (χ1v) is 9.09. The monoisotopic (exact) mass is 363 g/mol. The van der Waals surface area contributed by atoms with E-state index in [1.807, 2.05) is 18.3 Å². The van der Waals surface area contributed by atoms with E-state index in [-0.39, 0.29) is 22.9 Å².